The molecular formula is C10H14ClN3O3S. The van der Waals surface area contributed by atoms with Crippen LogP contribution >= 0.6 is 11.6 Å². The van der Waals surface area contributed by atoms with Crippen LogP contribution in [0.4, 0.5) is 5.69 Å². The lowest BCUT2D eigenvalue weighted by molar-refractivity contribution is -0.117. The minimum absolute atomic E-state index is 0.00281. The van der Waals surface area contributed by atoms with E-state index in [4.69, 9.17) is 23.1 Å². The summed E-state index contributed by atoms with van der Waals surface area (Å²) in [4.78, 5) is 10.5. The Morgan fingerprint density at radius 2 is 2.06 bits per heavy atom. The summed E-state index contributed by atoms with van der Waals surface area (Å²) in [5.74, 6) is -0.583. The highest BCUT2D eigenvalue weighted by Gasteiger charge is 2.18. The van der Waals surface area contributed by atoms with Crippen LogP contribution in [-0.4, -0.2) is 20.9 Å². The number of sulfonamides is 1. The predicted molar refractivity (Wildman–Crippen MR) is 69.6 cm³/mol. The quantitative estimate of drug-likeness (QED) is 0.680. The molecule has 0 bridgehead atoms. The first-order valence-corrected chi connectivity index (χ1v) is 6.93. The SMILES string of the molecule is Cc1c(N)cc(Cl)cc1S(=O)(=O)NCCC(N)=O. The minimum atomic E-state index is -3.75. The Bertz CT molecular complexity index is 572. The Morgan fingerprint density at radius 3 is 2.61 bits per heavy atom. The number of anilines is 1. The highest BCUT2D eigenvalue weighted by Crippen LogP contribution is 2.25. The van der Waals surface area contributed by atoms with Gasteiger partial charge in [-0.2, -0.15) is 0 Å². The topological polar surface area (TPSA) is 115 Å². The smallest absolute Gasteiger partial charge is 0.240 e. The number of primary amides is 1. The van der Waals surface area contributed by atoms with Gasteiger partial charge in [0, 0.05) is 23.7 Å². The van der Waals surface area contributed by atoms with E-state index in [-0.39, 0.29) is 28.6 Å². The summed E-state index contributed by atoms with van der Waals surface area (Å²) in [7, 11) is -3.75. The highest BCUT2D eigenvalue weighted by atomic mass is 35.5. The molecule has 8 heteroatoms. The van der Waals surface area contributed by atoms with Crippen LogP contribution in [0.3, 0.4) is 0 Å². The summed E-state index contributed by atoms with van der Waals surface area (Å²) in [6.07, 6.45) is -0.0751. The van der Waals surface area contributed by atoms with Gasteiger partial charge in [0.2, 0.25) is 15.9 Å². The third-order valence-corrected chi connectivity index (χ3v) is 4.12. The molecule has 0 atom stereocenters. The molecule has 0 saturated carbocycles. The van der Waals surface area contributed by atoms with Crippen molar-refractivity contribution >= 4 is 33.2 Å². The molecular weight excluding hydrogens is 278 g/mol. The van der Waals surface area contributed by atoms with Crippen LogP contribution in [-0.2, 0) is 14.8 Å². The van der Waals surface area contributed by atoms with E-state index < -0.39 is 15.9 Å². The van der Waals surface area contributed by atoms with Crippen molar-refractivity contribution in [3.63, 3.8) is 0 Å². The summed E-state index contributed by atoms with van der Waals surface area (Å²) in [5, 5.41) is 0.230. The van der Waals surface area contributed by atoms with Gasteiger partial charge in [-0.25, -0.2) is 13.1 Å². The number of amides is 1. The fourth-order valence-corrected chi connectivity index (χ4v) is 2.96. The summed E-state index contributed by atoms with van der Waals surface area (Å²) in [5.41, 5.74) is 11.3. The van der Waals surface area contributed by atoms with Gasteiger partial charge in [-0.05, 0) is 24.6 Å². The number of halogens is 1. The number of hydrogen-bond donors (Lipinski definition) is 3. The molecule has 5 N–H and O–H groups in total. The number of benzene rings is 1. The third-order valence-electron chi connectivity index (χ3n) is 2.32. The molecule has 100 valence electrons. The average molecular weight is 292 g/mol. The first kappa shape index (κ1) is 14.7. The Balaban J connectivity index is 3.02. The van der Waals surface area contributed by atoms with E-state index in [2.05, 4.69) is 4.72 Å². The molecule has 0 spiro atoms. The summed E-state index contributed by atoms with van der Waals surface area (Å²) < 4.78 is 26.2. The zero-order chi connectivity index (χ0) is 13.9. The molecule has 0 unspecified atom stereocenters. The van der Waals surface area contributed by atoms with Gasteiger partial charge < -0.3 is 11.5 Å². The van der Waals surface area contributed by atoms with E-state index >= 15 is 0 Å². The van der Waals surface area contributed by atoms with E-state index in [0.717, 1.165) is 0 Å². The monoisotopic (exact) mass is 291 g/mol. The Kier molecular flexibility index (Phi) is 4.55. The largest absolute Gasteiger partial charge is 0.398 e. The van der Waals surface area contributed by atoms with E-state index in [1.807, 2.05) is 0 Å². The van der Waals surface area contributed by atoms with Crippen LogP contribution < -0.4 is 16.2 Å². The molecule has 0 aromatic heterocycles. The van der Waals surface area contributed by atoms with Gasteiger partial charge in [-0.1, -0.05) is 11.6 Å². The lowest BCUT2D eigenvalue weighted by Crippen LogP contribution is -2.28. The normalized spacial score (nSPS) is 11.4. The van der Waals surface area contributed by atoms with Gasteiger partial charge in [-0.3, -0.25) is 4.79 Å². The Morgan fingerprint density at radius 1 is 1.44 bits per heavy atom. The van der Waals surface area contributed by atoms with Crippen LogP contribution in [0.15, 0.2) is 17.0 Å². The molecule has 0 saturated heterocycles. The van der Waals surface area contributed by atoms with Gasteiger partial charge in [0.15, 0.2) is 0 Å². The zero-order valence-electron chi connectivity index (χ0n) is 9.73. The number of nitrogen functional groups attached to an aromatic ring is 1. The van der Waals surface area contributed by atoms with Crippen molar-refractivity contribution in [2.75, 3.05) is 12.3 Å². The minimum Gasteiger partial charge on any atom is -0.398 e. The molecule has 0 aliphatic carbocycles. The van der Waals surface area contributed by atoms with Crippen LogP contribution in [0.1, 0.15) is 12.0 Å². The third kappa shape index (κ3) is 3.59. The molecule has 0 heterocycles. The van der Waals surface area contributed by atoms with E-state index in [0.29, 0.717) is 5.56 Å². The lowest BCUT2D eigenvalue weighted by atomic mass is 10.2. The van der Waals surface area contributed by atoms with E-state index in [9.17, 15) is 13.2 Å². The molecule has 0 aliphatic rings. The van der Waals surface area contributed by atoms with Gasteiger partial charge in [0.1, 0.15) is 0 Å². The second kappa shape index (κ2) is 5.55. The highest BCUT2D eigenvalue weighted by molar-refractivity contribution is 7.89. The van der Waals surface area contributed by atoms with Gasteiger partial charge in [0.25, 0.3) is 0 Å². The molecule has 1 rings (SSSR count). The van der Waals surface area contributed by atoms with Crippen molar-refractivity contribution in [2.24, 2.45) is 5.73 Å². The van der Waals surface area contributed by atoms with Crippen molar-refractivity contribution in [3.8, 4) is 0 Å². The molecule has 0 aliphatic heterocycles. The number of carbonyl (C=O) groups excluding carboxylic acids is 1. The van der Waals surface area contributed by atoms with E-state index in [1.54, 1.807) is 6.92 Å². The fourth-order valence-electron chi connectivity index (χ4n) is 1.34. The summed E-state index contributed by atoms with van der Waals surface area (Å²) in [6, 6.07) is 2.78. The van der Waals surface area contributed by atoms with Crippen molar-refractivity contribution in [2.45, 2.75) is 18.2 Å². The molecule has 1 amide bonds. The maximum Gasteiger partial charge on any atom is 0.240 e. The molecule has 1 aromatic carbocycles. The first-order chi connectivity index (χ1) is 8.24. The second-order valence-electron chi connectivity index (χ2n) is 3.73. The predicted octanol–water partition coefficient (Wildman–Crippen LogP) is 0.384. The van der Waals surface area contributed by atoms with Gasteiger partial charge in [0.05, 0.1) is 4.90 Å². The van der Waals surface area contributed by atoms with Gasteiger partial charge >= 0.3 is 0 Å². The molecule has 18 heavy (non-hydrogen) atoms. The van der Waals surface area contributed by atoms with Crippen LogP contribution in [0.25, 0.3) is 0 Å². The number of nitrogens with one attached hydrogen (secondary N) is 1. The number of rotatable bonds is 5. The van der Waals surface area contributed by atoms with Crippen molar-refractivity contribution in [1.29, 1.82) is 0 Å². The Labute approximate surface area is 110 Å². The second-order valence-corrected chi connectivity index (χ2v) is 5.90. The molecule has 1 aromatic rings. The maximum absolute atomic E-state index is 12.0. The molecule has 0 radical (unpaired) electrons. The zero-order valence-corrected chi connectivity index (χ0v) is 11.3. The number of hydrogen-bond acceptors (Lipinski definition) is 4. The lowest BCUT2D eigenvalue weighted by Gasteiger charge is -2.11. The van der Waals surface area contributed by atoms with Crippen LogP contribution in [0.5, 0.6) is 0 Å². The maximum atomic E-state index is 12.0. The summed E-state index contributed by atoms with van der Waals surface area (Å²) in [6.45, 7) is 1.51. The fraction of sp³-hybridized carbons (Fsp3) is 0.300. The van der Waals surface area contributed by atoms with Crippen molar-refractivity contribution in [1.82, 2.24) is 4.72 Å². The molecule has 6 nitrogen and oxygen atoms in total. The van der Waals surface area contributed by atoms with Gasteiger partial charge in [-0.15, -0.1) is 0 Å². The number of carbonyl (C=O) groups is 1. The van der Waals surface area contributed by atoms with E-state index in [1.165, 1.54) is 12.1 Å². The van der Waals surface area contributed by atoms with Crippen LogP contribution in [0.2, 0.25) is 5.02 Å². The van der Waals surface area contributed by atoms with Crippen LogP contribution in [0, 0.1) is 6.92 Å². The van der Waals surface area contributed by atoms with Crippen molar-refractivity contribution < 1.29 is 13.2 Å². The average Bonchev–Trinajstić information content (AvgIpc) is 2.22. The number of nitrogens with two attached hydrogens (primary N) is 2. The Hall–Kier alpha value is -1.31. The standard InChI is InChI=1S/C10H14ClN3O3S/c1-6-8(12)4-7(11)5-9(6)18(16,17)14-3-2-10(13)15/h4-5,14H,2-3,12H2,1H3,(H2,13,15). The first-order valence-electron chi connectivity index (χ1n) is 5.07. The molecule has 0 fully saturated rings. The summed E-state index contributed by atoms with van der Waals surface area (Å²) >= 11 is 5.77. The van der Waals surface area contributed by atoms with Crippen molar-refractivity contribution in [3.05, 3.63) is 22.7 Å².